The Morgan fingerprint density at radius 3 is 2.79 bits per heavy atom. The summed E-state index contributed by atoms with van der Waals surface area (Å²) in [5.41, 5.74) is 2.23. The van der Waals surface area contributed by atoms with E-state index in [1.807, 2.05) is 35.9 Å². The van der Waals surface area contributed by atoms with Gasteiger partial charge in [0.2, 0.25) is 0 Å². The molecule has 0 radical (unpaired) electrons. The van der Waals surface area contributed by atoms with Crippen LogP contribution in [0.3, 0.4) is 0 Å². The summed E-state index contributed by atoms with van der Waals surface area (Å²) in [6.45, 7) is 1.26. The fourth-order valence-corrected chi connectivity index (χ4v) is 3.15. The summed E-state index contributed by atoms with van der Waals surface area (Å²) >= 11 is 12.1. The molecule has 0 saturated carbocycles. The zero-order valence-electron chi connectivity index (χ0n) is 13.6. The molecular weight excluding hydrogens is 347 g/mol. The van der Waals surface area contributed by atoms with Crippen LogP contribution in [0.25, 0.3) is 0 Å². The van der Waals surface area contributed by atoms with Crippen LogP contribution in [0, 0.1) is 0 Å². The third-order valence-electron chi connectivity index (χ3n) is 4.09. The minimum atomic E-state index is 0.111. The van der Waals surface area contributed by atoms with Crippen LogP contribution in [-0.4, -0.2) is 30.2 Å². The molecule has 0 bridgehead atoms. The first-order valence-corrected chi connectivity index (χ1v) is 8.52. The van der Waals surface area contributed by atoms with E-state index in [9.17, 15) is 0 Å². The minimum Gasteiger partial charge on any atom is -0.488 e. The van der Waals surface area contributed by atoms with Gasteiger partial charge in [0.25, 0.3) is 0 Å². The first kappa shape index (κ1) is 17.0. The third kappa shape index (κ3) is 3.62. The molecule has 0 aliphatic carbocycles. The lowest BCUT2D eigenvalue weighted by atomic mass is 10.1. The number of guanidine groups is 1. The van der Waals surface area contributed by atoms with Crippen molar-refractivity contribution in [1.29, 1.82) is 0 Å². The van der Waals surface area contributed by atoms with E-state index in [0.29, 0.717) is 29.2 Å². The van der Waals surface area contributed by atoms with Crippen LogP contribution in [-0.2, 0) is 20.0 Å². The molecule has 0 spiro atoms. The molecular formula is C17H20Cl2N4O. The maximum atomic E-state index is 6.08. The van der Waals surface area contributed by atoms with Crippen LogP contribution >= 0.6 is 23.2 Å². The molecule has 2 N–H and O–H groups in total. The number of nitrogens with one attached hydrogen (secondary N) is 2. The van der Waals surface area contributed by atoms with Crippen molar-refractivity contribution in [2.45, 2.75) is 19.1 Å². The second kappa shape index (κ2) is 7.36. The molecule has 5 nitrogen and oxygen atoms in total. The SMILES string of the molecule is CN=C(NCc1cc(Cl)c(Cl)n1C)NCC1Cc2ccccc2O1. The van der Waals surface area contributed by atoms with Crippen molar-refractivity contribution < 1.29 is 4.74 Å². The highest BCUT2D eigenvalue weighted by Gasteiger charge is 2.22. The minimum absolute atomic E-state index is 0.111. The number of ether oxygens (including phenoxy) is 1. The van der Waals surface area contributed by atoms with Crippen molar-refractivity contribution in [3.05, 3.63) is 51.8 Å². The number of hydrogen-bond donors (Lipinski definition) is 2. The quantitative estimate of drug-likeness (QED) is 0.645. The van der Waals surface area contributed by atoms with Crippen molar-refractivity contribution in [3.8, 4) is 5.75 Å². The zero-order chi connectivity index (χ0) is 17.1. The van der Waals surface area contributed by atoms with Gasteiger partial charge in [0, 0.05) is 26.2 Å². The molecule has 1 aromatic heterocycles. The maximum absolute atomic E-state index is 6.08. The fraction of sp³-hybridized carbons (Fsp3) is 0.353. The molecule has 0 saturated heterocycles. The van der Waals surface area contributed by atoms with E-state index in [1.54, 1.807) is 7.05 Å². The molecule has 1 aliphatic rings. The van der Waals surface area contributed by atoms with Crippen molar-refractivity contribution in [2.75, 3.05) is 13.6 Å². The van der Waals surface area contributed by atoms with Gasteiger partial charge >= 0.3 is 0 Å². The van der Waals surface area contributed by atoms with Gasteiger partial charge in [-0.1, -0.05) is 41.4 Å². The van der Waals surface area contributed by atoms with E-state index in [4.69, 9.17) is 27.9 Å². The molecule has 128 valence electrons. The van der Waals surface area contributed by atoms with Crippen molar-refractivity contribution in [2.24, 2.45) is 12.0 Å². The first-order valence-electron chi connectivity index (χ1n) is 7.77. The normalized spacial score (nSPS) is 16.7. The largest absolute Gasteiger partial charge is 0.488 e. The smallest absolute Gasteiger partial charge is 0.191 e. The fourth-order valence-electron chi connectivity index (χ4n) is 2.73. The molecule has 24 heavy (non-hydrogen) atoms. The van der Waals surface area contributed by atoms with Crippen LogP contribution < -0.4 is 15.4 Å². The van der Waals surface area contributed by atoms with Gasteiger partial charge in [0.05, 0.1) is 18.1 Å². The number of fused-ring (bicyclic) bond motifs is 1. The standard InChI is InChI=1S/C17H20Cl2N4O/c1-20-17(21-9-12-8-14(18)16(19)23(12)2)22-10-13-7-11-5-3-4-6-15(11)24-13/h3-6,8,13H,7,9-10H2,1-2H3,(H2,20,21,22). The zero-order valence-corrected chi connectivity index (χ0v) is 15.2. The summed E-state index contributed by atoms with van der Waals surface area (Å²) in [5, 5.41) is 7.64. The van der Waals surface area contributed by atoms with Crippen LogP contribution in [0.1, 0.15) is 11.3 Å². The molecule has 0 amide bonds. The van der Waals surface area contributed by atoms with Gasteiger partial charge in [-0.3, -0.25) is 4.99 Å². The Kier molecular flexibility index (Phi) is 5.21. The predicted octanol–water partition coefficient (Wildman–Crippen LogP) is 3.00. The number of hydrogen-bond acceptors (Lipinski definition) is 2. The Hall–Kier alpha value is -1.85. The highest BCUT2D eigenvalue weighted by molar-refractivity contribution is 6.41. The van der Waals surface area contributed by atoms with Crippen LogP contribution in [0.5, 0.6) is 5.75 Å². The van der Waals surface area contributed by atoms with Gasteiger partial charge in [-0.05, 0) is 17.7 Å². The van der Waals surface area contributed by atoms with E-state index in [-0.39, 0.29) is 6.10 Å². The second-order valence-corrected chi connectivity index (χ2v) is 6.46. The molecule has 1 aromatic carbocycles. The van der Waals surface area contributed by atoms with Gasteiger partial charge in [-0.15, -0.1) is 0 Å². The number of aromatic nitrogens is 1. The first-order chi connectivity index (χ1) is 11.6. The number of nitrogens with zero attached hydrogens (tertiary/aromatic N) is 2. The van der Waals surface area contributed by atoms with Crippen LogP contribution in [0.4, 0.5) is 0 Å². The number of para-hydroxylation sites is 1. The maximum Gasteiger partial charge on any atom is 0.191 e. The van der Waals surface area contributed by atoms with Gasteiger partial charge in [0.15, 0.2) is 5.96 Å². The van der Waals surface area contributed by atoms with Gasteiger partial charge in [0.1, 0.15) is 17.0 Å². The van der Waals surface area contributed by atoms with E-state index in [1.165, 1.54) is 5.56 Å². The summed E-state index contributed by atoms with van der Waals surface area (Å²) in [6.07, 6.45) is 1.02. The lowest BCUT2D eigenvalue weighted by molar-refractivity contribution is 0.235. The molecule has 1 unspecified atom stereocenters. The average Bonchev–Trinajstić information content (AvgIpc) is 3.11. The van der Waals surface area contributed by atoms with Crippen LogP contribution in [0.15, 0.2) is 35.3 Å². The highest BCUT2D eigenvalue weighted by Crippen LogP contribution is 2.27. The summed E-state index contributed by atoms with van der Waals surface area (Å²) < 4.78 is 7.77. The second-order valence-electron chi connectivity index (χ2n) is 5.69. The molecule has 1 aliphatic heterocycles. The van der Waals surface area contributed by atoms with Crippen molar-refractivity contribution >= 4 is 29.2 Å². The Balaban J connectivity index is 1.50. The topological polar surface area (TPSA) is 50.6 Å². The molecule has 3 rings (SSSR count). The molecule has 1 atom stereocenters. The monoisotopic (exact) mass is 366 g/mol. The lowest BCUT2D eigenvalue weighted by Crippen LogP contribution is -2.42. The Morgan fingerprint density at radius 2 is 2.12 bits per heavy atom. The summed E-state index contributed by atoms with van der Waals surface area (Å²) in [5.74, 6) is 1.68. The van der Waals surface area contributed by atoms with E-state index < -0.39 is 0 Å². The predicted molar refractivity (Wildman–Crippen MR) is 98.2 cm³/mol. The van der Waals surface area contributed by atoms with Crippen molar-refractivity contribution in [1.82, 2.24) is 15.2 Å². The van der Waals surface area contributed by atoms with Gasteiger partial charge in [-0.25, -0.2) is 0 Å². The number of halogens is 2. The number of rotatable bonds is 4. The number of aliphatic imine (C=N–C) groups is 1. The molecule has 0 fully saturated rings. The van der Waals surface area contributed by atoms with Gasteiger partial charge in [-0.2, -0.15) is 0 Å². The molecule has 7 heteroatoms. The molecule has 2 heterocycles. The molecule has 2 aromatic rings. The summed E-state index contributed by atoms with van der Waals surface area (Å²) in [7, 11) is 3.62. The van der Waals surface area contributed by atoms with Crippen molar-refractivity contribution in [3.63, 3.8) is 0 Å². The highest BCUT2D eigenvalue weighted by atomic mass is 35.5. The third-order valence-corrected chi connectivity index (χ3v) is 4.93. The summed E-state index contributed by atoms with van der Waals surface area (Å²) in [4.78, 5) is 4.24. The average molecular weight is 367 g/mol. The Labute approximate surface area is 151 Å². The van der Waals surface area contributed by atoms with E-state index in [0.717, 1.165) is 17.9 Å². The van der Waals surface area contributed by atoms with Gasteiger partial charge < -0.3 is 19.9 Å². The Morgan fingerprint density at radius 1 is 1.33 bits per heavy atom. The van der Waals surface area contributed by atoms with E-state index in [2.05, 4.69) is 21.7 Å². The number of benzene rings is 1. The Bertz CT molecular complexity index is 732. The van der Waals surface area contributed by atoms with E-state index >= 15 is 0 Å². The summed E-state index contributed by atoms with van der Waals surface area (Å²) in [6, 6.07) is 9.98. The lowest BCUT2D eigenvalue weighted by Gasteiger charge is -2.16. The van der Waals surface area contributed by atoms with Crippen LogP contribution in [0.2, 0.25) is 10.2 Å².